The lowest BCUT2D eigenvalue weighted by atomic mass is 10.3. The van der Waals surface area contributed by atoms with Gasteiger partial charge in [0.05, 0.1) is 18.9 Å². The van der Waals surface area contributed by atoms with Gasteiger partial charge in [0.2, 0.25) is 5.91 Å². The molecule has 0 atom stereocenters. The number of anilines is 4. The summed E-state index contributed by atoms with van der Waals surface area (Å²) in [7, 11) is 0. The molecular formula is C20H23N7O2S. The highest BCUT2D eigenvalue weighted by Crippen LogP contribution is 2.30. The Labute approximate surface area is 178 Å². The van der Waals surface area contributed by atoms with Gasteiger partial charge < -0.3 is 20.3 Å². The second kappa shape index (κ2) is 9.14. The van der Waals surface area contributed by atoms with Crippen molar-refractivity contribution in [3.8, 4) is 0 Å². The number of H-pyrrole nitrogens is 1. The zero-order valence-electron chi connectivity index (χ0n) is 16.8. The monoisotopic (exact) mass is 425 g/mol. The van der Waals surface area contributed by atoms with Gasteiger partial charge in [0.25, 0.3) is 0 Å². The van der Waals surface area contributed by atoms with Crippen LogP contribution in [0.2, 0.25) is 0 Å². The zero-order valence-corrected chi connectivity index (χ0v) is 17.6. The number of morpholine rings is 1. The first-order chi connectivity index (χ1) is 14.5. The summed E-state index contributed by atoms with van der Waals surface area (Å²) in [6.07, 6.45) is 0. The summed E-state index contributed by atoms with van der Waals surface area (Å²) in [5.74, 6) is 2.22. The molecule has 2 aromatic heterocycles. The number of nitrogens with one attached hydrogen (secondary N) is 3. The van der Waals surface area contributed by atoms with Crippen LogP contribution in [-0.4, -0.2) is 52.4 Å². The number of carbonyl (C=O) groups is 1. The summed E-state index contributed by atoms with van der Waals surface area (Å²) in [6, 6.07) is 11.5. The molecule has 4 rings (SSSR count). The maximum Gasteiger partial charge on any atom is 0.221 e. The fraction of sp³-hybridized carbons (Fsp3) is 0.300. The third kappa shape index (κ3) is 5.28. The number of rotatable bonds is 6. The smallest absolute Gasteiger partial charge is 0.221 e. The number of carbonyl (C=O) groups excluding carboxylic acids is 1. The lowest BCUT2D eigenvalue weighted by Crippen LogP contribution is -2.36. The van der Waals surface area contributed by atoms with Crippen LogP contribution in [0, 0.1) is 6.92 Å². The van der Waals surface area contributed by atoms with E-state index in [2.05, 4.69) is 30.7 Å². The Morgan fingerprint density at radius 3 is 2.60 bits per heavy atom. The average Bonchev–Trinajstić information content (AvgIpc) is 3.14. The topological polar surface area (TPSA) is 108 Å². The molecule has 0 bridgehead atoms. The normalized spacial score (nSPS) is 13.9. The molecule has 1 fully saturated rings. The second-order valence-corrected chi connectivity index (χ2v) is 7.89. The largest absolute Gasteiger partial charge is 0.378 e. The van der Waals surface area contributed by atoms with E-state index in [0.717, 1.165) is 41.0 Å². The third-order valence-corrected chi connectivity index (χ3v) is 5.25. The van der Waals surface area contributed by atoms with E-state index >= 15 is 0 Å². The standard InChI is InChI=1S/C20H23N7O2S/c1-13-11-18(26-25-13)22-17-12-19(27-7-9-29-10-8-27)24-20(23-17)30-16-5-3-15(4-6-16)21-14(2)28/h3-6,11-12H,7-10H2,1-2H3,(H,21,28)(H2,22,23,24,25,26). The lowest BCUT2D eigenvalue weighted by molar-refractivity contribution is -0.114. The molecule has 1 amide bonds. The van der Waals surface area contributed by atoms with Gasteiger partial charge in [0, 0.05) is 42.7 Å². The highest BCUT2D eigenvalue weighted by atomic mass is 32.2. The number of hydrogen-bond donors (Lipinski definition) is 3. The Bertz CT molecular complexity index is 1020. The number of aryl methyl sites for hydroxylation is 1. The van der Waals surface area contributed by atoms with Crippen LogP contribution < -0.4 is 15.5 Å². The molecule has 0 unspecified atom stereocenters. The first-order valence-corrected chi connectivity index (χ1v) is 10.4. The van der Waals surface area contributed by atoms with Gasteiger partial charge in [-0.05, 0) is 43.0 Å². The SMILES string of the molecule is CC(=O)Nc1ccc(Sc2nc(Nc3cc(C)n[nH]3)cc(N3CCOCC3)n2)cc1. The minimum atomic E-state index is -0.0956. The molecule has 1 aromatic carbocycles. The Kier molecular flexibility index (Phi) is 6.15. The molecule has 10 heteroatoms. The third-order valence-electron chi connectivity index (χ3n) is 4.38. The second-order valence-electron chi connectivity index (χ2n) is 6.85. The molecule has 0 spiro atoms. The van der Waals surface area contributed by atoms with Gasteiger partial charge in [0.15, 0.2) is 5.16 Å². The molecule has 156 valence electrons. The van der Waals surface area contributed by atoms with Gasteiger partial charge in [-0.1, -0.05) is 0 Å². The maximum absolute atomic E-state index is 11.2. The number of ether oxygens (including phenoxy) is 1. The zero-order chi connectivity index (χ0) is 20.9. The number of nitrogens with zero attached hydrogens (tertiary/aromatic N) is 4. The van der Waals surface area contributed by atoms with Gasteiger partial charge >= 0.3 is 0 Å². The molecule has 30 heavy (non-hydrogen) atoms. The van der Waals surface area contributed by atoms with E-state index in [1.54, 1.807) is 0 Å². The average molecular weight is 426 g/mol. The van der Waals surface area contributed by atoms with Crippen molar-refractivity contribution in [1.29, 1.82) is 0 Å². The number of benzene rings is 1. The predicted octanol–water partition coefficient (Wildman–Crippen LogP) is 3.20. The van der Waals surface area contributed by atoms with E-state index in [1.807, 2.05) is 43.3 Å². The highest BCUT2D eigenvalue weighted by Gasteiger charge is 2.16. The fourth-order valence-corrected chi connectivity index (χ4v) is 3.78. The molecule has 0 aliphatic carbocycles. The predicted molar refractivity (Wildman–Crippen MR) is 117 cm³/mol. The number of aromatic amines is 1. The molecular weight excluding hydrogens is 402 g/mol. The molecule has 3 heterocycles. The maximum atomic E-state index is 11.2. The van der Waals surface area contributed by atoms with Crippen molar-refractivity contribution in [2.75, 3.05) is 41.8 Å². The van der Waals surface area contributed by atoms with Gasteiger partial charge in [-0.3, -0.25) is 9.89 Å². The van der Waals surface area contributed by atoms with Crippen LogP contribution in [0.5, 0.6) is 0 Å². The van der Waals surface area contributed by atoms with E-state index in [0.29, 0.717) is 24.2 Å². The van der Waals surface area contributed by atoms with Crippen LogP contribution in [0.15, 0.2) is 46.5 Å². The lowest BCUT2D eigenvalue weighted by Gasteiger charge is -2.28. The highest BCUT2D eigenvalue weighted by molar-refractivity contribution is 7.99. The Hall–Kier alpha value is -3.11. The summed E-state index contributed by atoms with van der Waals surface area (Å²) >= 11 is 1.46. The Morgan fingerprint density at radius 1 is 1.17 bits per heavy atom. The first kappa shape index (κ1) is 20.2. The van der Waals surface area contributed by atoms with Crippen LogP contribution in [0.1, 0.15) is 12.6 Å². The number of aromatic nitrogens is 4. The fourth-order valence-electron chi connectivity index (χ4n) is 3.02. The van der Waals surface area contributed by atoms with Crippen molar-refractivity contribution < 1.29 is 9.53 Å². The van der Waals surface area contributed by atoms with E-state index in [9.17, 15) is 4.79 Å². The Morgan fingerprint density at radius 2 is 1.93 bits per heavy atom. The molecule has 9 nitrogen and oxygen atoms in total. The van der Waals surface area contributed by atoms with Crippen molar-refractivity contribution in [3.63, 3.8) is 0 Å². The van der Waals surface area contributed by atoms with Gasteiger partial charge in [-0.15, -0.1) is 0 Å². The minimum absolute atomic E-state index is 0.0956. The molecule has 3 N–H and O–H groups in total. The molecule has 3 aromatic rings. The van der Waals surface area contributed by atoms with Crippen LogP contribution in [0.25, 0.3) is 0 Å². The van der Waals surface area contributed by atoms with Crippen molar-refractivity contribution in [3.05, 3.63) is 42.1 Å². The summed E-state index contributed by atoms with van der Waals surface area (Å²) in [5.41, 5.74) is 1.65. The van der Waals surface area contributed by atoms with Crippen LogP contribution in [0.4, 0.5) is 23.1 Å². The number of amides is 1. The molecule has 0 radical (unpaired) electrons. The van der Waals surface area contributed by atoms with Crippen LogP contribution in [-0.2, 0) is 9.53 Å². The van der Waals surface area contributed by atoms with Crippen molar-refractivity contribution in [1.82, 2.24) is 20.2 Å². The summed E-state index contributed by atoms with van der Waals surface area (Å²) in [6.45, 7) is 6.35. The minimum Gasteiger partial charge on any atom is -0.378 e. The molecule has 1 aliphatic rings. The molecule has 1 saturated heterocycles. The molecule has 1 aliphatic heterocycles. The van der Waals surface area contributed by atoms with Gasteiger partial charge in [0.1, 0.15) is 17.5 Å². The Balaban J connectivity index is 1.58. The van der Waals surface area contributed by atoms with Gasteiger partial charge in [-0.25, -0.2) is 9.97 Å². The summed E-state index contributed by atoms with van der Waals surface area (Å²) < 4.78 is 5.47. The van der Waals surface area contributed by atoms with Gasteiger partial charge in [-0.2, -0.15) is 5.10 Å². The van der Waals surface area contributed by atoms with E-state index in [1.165, 1.54) is 18.7 Å². The quantitative estimate of drug-likeness (QED) is 0.517. The number of hydrogen-bond acceptors (Lipinski definition) is 8. The van der Waals surface area contributed by atoms with Crippen LogP contribution >= 0.6 is 11.8 Å². The molecule has 0 saturated carbocycles. The van der Waals surface area contributed by atoms with Crippen molar-refractivity contribution in [2.45, 2.75) is 23.9 Å². The summed E-state index contributed by atoms with van der Waals surface area (Å²) in [4.78, 5) is 23.8. The summed E-state index contributed by atoms with van der Waals surface area (Å²) in [5, 5.41) is 13.8. The first-order valence-electron chi connectivity index (χ1n) is 9.61. The van der Waals surface area contributed by atoms with Crippen molar-refractivity contribution >= 4 is 40.8 Å². The van der Waals surface area contributed by atoms with Crippen molar-refractivity contribution in [2.24, 2.45) is 0 Å². The van der Waals surface area contributed by atoms with Crippen LogP contribution in [0.3, 0.4) is 0 Å². The van der Waals surface area contributed by atoms with E-state index in [4.69, 9.17) is 9.72 Å². The van der Waals surface area contributed by atoms with E-state index in [-0.39, 0.29) is 5.91 Å². The van der Waals surface area contributed by atoms with E-state index < -0.39 is 0 Å².